The zero-order valence-electron chi connectivity index (χ0n) is 8.08. The molecule has 3 nitrogen and oxygen atoms in total. The Morgan fingerprint density at radius 3 is 3.00 bits per heavy atom. The number of H-pyrrole nitrogens is 1. The number of ether oxygens (including phenoxy) is 1. The number of benzene rings is 1. The van der Waals surface area contributed by atoms with Crippen LogP contribution < -0.4 is 4.74 Å². The fourth-order valence-corrected chi connectivity index (χ4v) is 1.58. The topological polar surface area (TPSA) is 45.2 Å². The molecule has 0 amide bonds. The van der Waals surface area contributed by atoms with Crippen molar-refractivity contribution in [1.29, 1.82) is 0 Å². The molecule has 0 aliphatic carbocycles. The standard InChI is InChI=1S/C11H13NO2/c1-8-9-4-5-12-10(9)2-3-11(8)14-7-6-13/h2-5,12-13H,6-7H2,1H3. The van der Waals surface area contributed by atoms with Crippen molar-refractivity contribution in [2.45, 2.75) is 6.92 Å². The Hall–Kier alpha value is -1.48. The number of hydrogen-bond acceptors (Lipinski definition) is 2. The lowest BCUT2D eigenvalue weighted by Gasteiger charge is -2.08. The minimum atomic E-state index is 0.0462. The van der Waals surface area contributed by atoms with Crippen LogP contribution in [0.2, 0.25) is 0 Å². The first-order valence-corrected chi connectivity index (χ1v) is 4.63. The van der Waals surface area contributed by atoms with Gasteiger partial charge in [-0.2, -0.15) is 0 Å². The molecule has 74 valence electrons. The third-order valence-electron chi connectivity index (χ3n) is 2.30. The van der Waals surface area contributed by atoms with Crippen molar-refractivity contribution in [2.24, 2.45) is 0 Å². The molecule has 0 saturated carbocycles. The van der Waals surface area contributed by atoms with E-state index in [-0.39, 0.29) is 6.61 Å². The number of nitrogens with one attached hydrogen (secondary N) is 1. The largest absolute Gasteiger partial charge is 0.491 e. The van der Waals surface area contributed by atoms with Gasteiger partial charge in [-0.1, -0.05) is 0 Å². The first-order valence-electron chi connectivity index (χ1n) is 4.63. The van der Waals surface area contributed by atoms with E-state index in [0.29, 0.717) is 6.61 Å². The molecular formula is C11H13NO2. The van der Waals surface area contributed by atoms with Gasteiger partial charge in [0.25, 0.3) is 0 Å². The summed E-state index contributed by atoms with van der Waals surface area (Å²) in [4.78, 5) is 3.14. The first-order chi connectivity index (χ1) is 6.83. The average Bonchev–Trinajstić information content (AvgIpc) is 2.66. The lowest BCUT2D eigenvalue weighted by molar-refractivity contribution is 0.201. The molecule has 3 heteroatoms. The summed E-state index contributed by atoms with van der Waals surface area (Å²) in [5.41, 5.74) is 2.22. The third kappa shape index (κ3) is 1.46. The fourth-order valence-electron chi connectivity index (χ4n) is 1.58. The molecule has 0 radical (unpaired) electrons. The van der Waals surface area contributed by atoms with E-state index in [1.165, 1.54) is 5.39 Å². The number of fused-ring (bicyclic) bond motifs is 1. The SMILES string of the molecule is Cc1c(OCCO)ccc2[nH]ccc12. The number of hydrogen-bond donors (Lipinski definition) is 2. The van der Waals surface area contributed by atoms with Gasteiger partial charge in [0.2, 0.25) is 0 Å². The number of aliphatic hydroxyl groups excluding tert-OH is 1. The molecule has 2 aromatic rings. The fraction of sp³-hybridized carbons (Fsp3) is 0.273. The van der Waals surface area contributed by atoms with E-state index in [1.54, 1.807) is 0 Å². The summed E-state index contributed by atoms with van der Waals surface area (Å²) >= 11 is 0. The van der Waals surface area contributed by atoms with Crippen LogP contribution in [0.5, 0.6) is 5.75 Å². The Balaban J connectivity index is 2.40. The monoisotopic (exact) mass is 191 g/mol. The van der Waals surface area contributed by atoms with E-state index >= 15 is 0 Å². The highest BCUT2D eigenvalue weighted by Crippen LogP contribution is 2.26. The molecule has 0 unspecified atom stereocenters. The Morgan fingerprint density at radius 2 is 2.21 bits per heavy atom. The predicted molar refractivity (Wildman–Crippen MR) is 55.6 cm³/mol. The summed E-state index contributed by atoms with van der Waals surface area (Å²) in [6.45, 7) is 2.41. The van der Waals surface area contributed by atoms with Crippen LogP contribution in [0.15, 0.2) is 24.4 Å². The van der Waals surface area contributed by atoms with Crippen molar-refractivity contribution in [3.8, 4) is 5.75 Å². The van der Waals surface area contributed by atoms with Gasteiger partial charge >= 0.3 is 0 Å². The van der Waals surface area contributed by atoms with Crippen LogP contribution in [0.1, 0.15) is 5.56 Å². The summed E-state index contributed by atoms with van der Waals surface area (Å²) in [6.07, 6.45) is 1.91. The first kappa shape index (κ1) is 9.09. The maximum atomic E-state index is 8.66. The smallest absolute Gasteiger partial charge is 0.123 e. The van der Waals surface area contributed by atoms with Crippen molar-refractivity contribution in [3.63, 3.8) is 0 Å². The zero-order chi connectivity index (χ0) is 9.97. The molecule has 1 aromatic heterocycles. The number of rotatable bonds is 3. The lowest BCUT2D eigenvalue weighted by atomic mass is 10.1. The van der Waals surface area contributed by atoms with Gasteiger partial charge in [-0.15, -0.1) is 0 Å². The third-order valence-corrected chi connectivity index (χ3v) is 2.30. The zero-order valence-corrected chi connectivity index (χ0v) is 8.08. The Morgan fingerprint density at radius 1 is 1.36 bits per heavy atom. The highest BCUT2D eigenvalue weighted by molar-refractivity contribution is 5.84. The van der Waals surface area contributed by atoms with E-state index in [4.69, 9.17) is 9.84 Å². The van der Waals surface area contributed by atoms with E-state index in [1.807, 2.05) is 31.3 Å². The van der Waals surface area contributed by atoms with Crippen LogP contribution in [-0.2, 0) is 0 Å². The lowest BCUT2D eigenvalue weighted by Crippen LogP contribution is -2.02. The molecule has 0 saturated heterocycles. The highest BCUT2D eigenvalue weighted by Gasteiger charge is 2.04. The van der Waals surface area contributed by atoms with Crippen LogP contribution >= 0.6 is 0 Å². The second-order valence-corrected chi connectivity index (χ2v) is 3.20. The van der Waals surface area contributed by atoms with E-state index < -0.39 is 0 Å². The molecule has 0 aliphatic heterocycles. The molecule has 1 heterocycles. The number of aromatic amines is 1. The van der Waals surface area contributed by atoms with Gasteiger partial charge in [0.15, 0.2) is 0 Å². The number of aliphatic hydroxyl groups is 1. The van der Waals surface area contributed by atoms with Crippen LogP contribution in [0.4, 0.5) is 0 Å². The van der Waals surface area contributed by atoms with E-state index in [9.17, 15) is 0 Å². The Labute approximate surface area is 82.3 Å². The molecule has 0 spiro atoms. The van der Waals surface area contributed by atoms with Gasteiger partial charge in [-0.3, -0.25) is 0 Å². The predicted octanol–water partition coefficient (Wildman–Crippen LogP) is 1.85. The second-order valence-electron chi connectivity index (χ2n) is 3.20. The Kier molecular flexibility index (Phi) is 2.41. The molecular weight excluding hydrogens is 178 g/mol. The molecule has 14 heavy (non-hydrogen) atoms. The highest BCUT2D eigenvalue weighted by atomic mass is 16.5. The van der Waals surface area contributed by atoms with Gasteiger partial charge in [0.05, 0.1) is 6.61 Å². The molecule has 0 bridgehead atoms. The quantitative estimate of drug-likeness (QED) is 0.777. The van der Waals surface area contributed by atoms with Gasteiger partial charge in [-0.05, 0) is 25.1 Å². The van der Waals surface area contributed by atoms with Crippen LogP contribution in [0, 0.1) is 6.92 Å². The maximum absolute atomic E-state index is 8.66. The summed E-state index contributed by atoms with van der Waals surface area (Å²) in [7, 11) is 0. The average molecular weight is 191 g/mol. The van der Waals surface area contributed by atoms with Gasteiger partial charge in [0, 0.05) is 22.7 Å². The van der Waals surface area contributed by atoms with Gasteiger partial charge < -0.3 is 14.8 Å². The summed E-state index contributed by atoms with van der Waals surface area (Å²) in [5.74, 6) is 0.839. The number of aromatic nitrogens is 1. The molecule has 0 aliphatic rings. The molecule has 0 fully saturated rings. The number of aryl methyl sites for hydroxylation is 1. The van der Waals surface area contributed by atoms with Gasteiger partial charge in [0.1, 0.15) is 12.4 Å². The molecule has 0 atom stereocenters. The molecule has 2 rings (SSSR count). The normalized spacial score (nSPS) is 10.7. The second kappa shape index (κ2) is 3.72. The molecule has 2 N–H and O–H groups in total. The maximum Gasteiger partial charge on any atom is 0.123 e. The van der Waals surface area contributed by atoms with Crippen molar-refractivity contribution in [2.75, 3.05) is 13.2 Å². The van der Waals surface area contributed by atoms with Crippen molar-refractivity contribution in [1.82, 2.24) is 4.98 Å². The minimum absolute atomic E-state index is 0.0462. The summed E-state index contributed by atoms with van der Waals surface area (Å²) < 4.78 is 5.40. The summed E-state index contributed by atoms with van der Waals surface area (Å²) in [6, 6.07) is 5.93. The van der Waals surface area contributed by atoms with Crippen LogP contribution in [0.3, 0.4) is 0 Å². The molecule has 1 aromatic carbocycles. The van der Waals surface area contributed by atoms with E-state index in [0.717, 1.165) is 16.8 Å². The van der Waals surface area contributed by atoms with E-state index in [2.05, 4.69) is 4.98 Å². The van der Waals surface area contributed by atoms with Crippen molar-refractivity contribution in [3.05, 3.63) is 30.0 Å². The summed E-state index contributed by atoms with van der Waals surface area (Å²) in [5, 5.41) is 9.83. The van der Waals surface area contributed by atoms with Crippen molar-refractivity contribution >= 4 is 10.9 Å². The van der Waals surface area contributed by atoms with Crippen LogP contribution in [-0.4, -0.2) is 23.3 Å². The Bertz CT molecular complexity index is 434. The van der Waals surface area contributed by atoms with Crippen molar-refractivity contribution < 1.29 is 9.84 Å². The van der Waals surface area contributed by atoms with Gasteiger partial charge in [-0.25, -0.2) is 0 Å². The van der Waals surface area contributed by atoms with Crippen LogP contribution in [0.25, 0.3) is 10.9 Å². The minimum Gasteiger partial charge on any atom is -0.491 e.